The minimum absolute atomic E-state index is 0.664. The van der Waals surface area contributed by atoms with Crippen LogP contribution in [-0.2, 0) is 0 Å². The molecule has 52 heavy (non-hydrogen) atoms. The molecule has 0 unspecified atom stereocenters. The number of hydrogen-bond acceptors (Lipinski definition) is 1. The molecule has 0 aliphatic rings. The second kappa shape index (κ2) is 12.0. The van der Waals surface area contributed by atoms with Crippen molar-refractivity contribution in [1.29, 1.82) is 5.26 Å². The topological polar surface area (TPSA) is 33.6 Å². The van der Waals surface area contributed by atoms with Crippen LogP contribution >= 0.6 is 0 Å². The van der Waals surface area contributed by atoms with Crippen molar-refractivity contribution in [2.45, 2.75) is 0 Å². The maximum Gasteiger partial charge on any atom is 0.0991 e. The second-order valence-corrected chi connectivity index (χ2v) is 13.3. The molecule has 3 nitrogen and oxygen atoms in total. The summed E-state index contributed by atoms with van der Waals surface area (Å²) in [6.45, 7) is 0. The van der Waals surface area contributed by atoms with Crippen molar-refractivity contribution < 1.29 is 0 Å². The average Bonchev–Trinajstić information content (AvgIpc) is 3.73. The molecule has 10 rings (SSSR count). The molecule has 10 aromatic rings. The first kappa shape index (κ1) is 29.7. The highest BCUT2D eigenvalue weighted by Gasteiger charge is 2.16. The van der Waals surface area contributed by atoms with E-state index in [4.69, 9.17) is 0 Å². The fourth-order valence-electron chi connectivity index (χ4n) is 7.86. The zero-order valence-corrected chi connectivity index (χ0v) is 28.2. The van der Waals surface area contributed by atoms with Gasteiger partial charge in [-0.3, -0.25) is 0 Å². The summed E-state index contributed by atoms with van der Waals surface area (Å²) in [4.78, 5) is 0. The van der Waals surface area contributed by atoms with Crippen molar-refractivity contribution >= 4 is 43.6 Å². The van der Waals surface area contributed by atoms with Crippen LogP contribution in [0, 0.1) is 11.3 Å². The molecule has 0 radical (unpaired) electrons. The molecule has 0 N–H and O–H groups in total. The summed E-state index contributed by atoms with van der Waals surface area (Å²) in [6.07, 6.45) is 0. The van der Waals surface area contributed by atoms with Gasteiger partial charge in [0.05, 0.1) is 33.7 Å². The van der Waals surface area contributed by atoms with Crippen molar-refractivity contribution in [2.24, 2.45) is 0 Å². The maximum atomic E-state index is 9.28. The zero-order valence-electron chi connectivity index (χ0n) is 28.2. The van der Waals surface area contributed by atoms with Crippen LogP contribution in [-0.4, -0.2) is 9.13 Å². The number of benzene rings is 8. The van der Waals surface area contributed by atoms with Crippen LogP contribution in [0.1, 0.15) is 5.56 Å². The van der Waals surface area contributed by atoms with Gasteiger partial charge in [0.2, 0.25) is 0 Å². The van der Waals surface area contributed by atoms with Crippen LogP contribution in [0.15, 0.2) is 188 Å². The summed E-state index contributed by atoms with van der Waals surface area (Å²) in [5, 5.41) is 14.2. The van der Waals surface area contributed by atoms with Gasteiger partial charge in [-0.05, 0) is 106 Å². The SMILES string of the molecule is N#Cc1ccc(-c2cccc(-n3c4ccccc4c4cc(-c5ccc6c(c5)c5ccccc5n6-c5ccc(-c6ccccc6)cc5)ccc43)c2)cc1. The van der Waals surface area contributed by atoms with E-state index in [-0.39, 0.29) is 0 Å². The van der Waals surface area contributed by atoms with E-state index in [0.717, 1.165) is 22.5 Å². The third-order valence-corrected chi connectivity index (χ3v) is 10.4. The number of nitriles is 1. The van der Waals surface area contributed by atoms with Gasteiger partial charge in [-0.2, -0.15) is 5.26 Å². The van der Waals surface area contributed by atoms with Gasteiger partial charge in [-0.25, -0.2) is 0 Å². The van der Waals surface area contributed by atoms with Crippen LogP contribution in [0.5, 0.6) is 0 Å². The summed E-state index contributed by atoms with van der Waals surface area (Å²) < 4.78 is 4.74. The molecule has 242 valence electrons. The molecule has 0 amide bonds. The molecule has 0 saturated carbocycles. The number of rotatable bonds is 5. The van der Waals surface area contributed by atoms with Crippen molar-refractivity contribution in [3.05, 3.63) is 194 Å². The van der Waals surface area contributed by atoms with E-state index < -0.39 is 0 Å². The Kier molecular flexibility index (Phi) is 6.87. The van der Waals surface area contributed by atoms with Gasteiger partial charge >= 0.3 is 0 Å². The van der Waals surface area contributed by atoms with Crippen LogP contribution < -0.4 is 0 Å². The summed E-state index contributed by atoms with van der Waals surface area (Å²) in [7, 11) is 0. The lowest BCUT2D eigenvalue weighted by Gasteiger charge is -2.11. The Morgan fingerprint density at radius 1 is 0.308 bits per heavy atom. The third-order valence-electron chi connectivity index (χ3n) is 10.4. The van der Waals surface area contributed by atoms with E-state index in [2.05, 4.69) is 179 Å². The van der Waals surface area contributed by atoms with Crippen LogP contribution in [0.25, 0.3) is 88.4 Å². The van der Waals surface area contributed by atoms with Crippen LogP contribution in [0.4, 0.5) is 0 Å². The van der Waals surface area contributed by atoms with Gasteiger partial charge < -0.3 is 9.13 Å². The molecule has 0 fully saturated rings. The first-order valence-electron chi connectivity index (χ1n) is 17.6. The second-order valence-electron chi connectivity index (χ2n) is 13.3. The van der Waals surface area contributed by atoms with Crippen molar-refractivity contribution in [3.8, 4) is 50.8 Å². The molecule has 8 aromatic carbocycles. The maximum absolute atomic E-state index is 9.28. The van der Waals surface area contributed by atoms with Gasteiger partial charge in [0.25, 0.3) is 0 Å². The summed E-state index contributed by atoms with van der Waals surface area (Å²) >= 11 is 0. The van der Waals surface area contributed by atoms with Crippen LogP contribution in [0.2, 0.25) is 0 Å². The molecule has 0 saturated heterocycles. The van der Waals surface area contributed by atoms with Gasteiger partial charge in [-0.15, -0.1) is 0 Å². The highest BCUT2D eigenvalue weighted by atomic mass is 15.0. The smallest absolute Gasteiger partial charge is 0.0991 e. The number of hydrogen-bond donors (Lipinski definition) is 0. The normalized spacial score (nSPS) is 11.4. The lowest BCUT2D eigenvalue weighted by atomic mass is 10.0. The summed E-state index contributed by atoms with van der Waals surface area (Å²) in [5.41, 5.74) is 14.7. The quantitative estimate of drug-likeness (QED) is 0.181. The minimum atomic E-state index is 0.664. The van der Waals surface area contributed by atoms with E-state index in [1.807, 2.05) is 24.3 Å². The largest absolute Gasteiger partial charge is 0.309 e. The predicted octanol–water partition coefficient (Wildman–Crippen LogP) is 12.8. The van der Waals surface area contributed by atoms with Crippen molar-refractivity contribution in [2.75, 3.05) is 0 Å². The van der Waals surface area contributed by atoms with Gasteiger partial charge in [-0.1, -0.05) is 115 Å². The van der Waals surface area contributed by atoms with E-state index in [1.54, 1.807) is 0 Å². The Bertz CT molecular complexity index is 2990. The number of nitrogens with zero attached hydrogens (tertiary/aromatic N) is 3. The third kappa shape index (κ3) is 4.81. The molecule has 0 bridgehead atoms. The average molecular weight is 662 g/mol. The molecule has 3 heteroatoms. The molecular weight excluding hydrogens is 631 g/mol. The molecule has 0 aliphatic heterocycles. The van der Waals surface area contributed by atoms with E-state index >= 15 is 0 Å². The highest BCUT2D eigenvalue weighted by Crippen LogP contribution is 2.39. The lowest BCUT2D eigenvalue weighted by Crippen LogP contribution is -1.94. The summed E-state index contributed by atoms with van der Waals surface area (Å²) in [6, 6.07) is 69.2. The highest BCUT2D eigenvalue weighted by molar-refractivity contribution is 6.12. The standard InChI is InChI=1S/C49H31N3/c50-32-33-17-19-36(20-18-33)37-11-8-12-41(29-37)52-47-16-7-5-14-43(47)45-31-39(24-28-49(45)52)38-23-27-48-44(30-38)42-13-4-6-15-46(42)51(48)40-25-21-35(22-26-40)34-9-2-1-3-10-34/h1-31H. The zero-order chi connectivity index (χ0) is 34.6. The Morgan fingerprint density at radius 3 is 1.37 bits per heavy atom. The van der Waals surface area contributed by atoms with E-state index in [9.17, 15) is 5.26 Å². The van der Waals surface area contributed by atoms with Gasteiger partial charge in [0.15, 0.2) is 0 Å². The Balaban J connectivity index is 1.09. The lowest BCUT2D eigenvalue weighted by molar-refractivity contribution is 1.18. The minimum Gasteiger partial charge on any atom is -0.309 e. The van der Waals surface area contributed by atoms with Gasteiger partial charge in [0, 0.05) is 32.9 Å². The Hall–Kier alpha value is -7.15. The summed E-state index contributed by atoms with van der Waals surface area (Å²) in [5.74, 6) is 0. The predicted molar refractivity (Wildman–Crippen MR) is 216 cm³/mol. The number of fused-ring (bicyclic) bond motifs is 6. The van der Waals surface area contributed by atoms with Crippen molar-refractivity contribution in [3.63, 3.8) is 0 Å². The first-order chi connectivity index (χ1) is 25.7. The fourth-order valence-corrected chi connectivity index (χ4v) is 7.86. The first-order valence-corrected chi connectivity index (χ1v) is 17.6. The number of para-hydroxylation sites is 2. The number of aromatic nitrogens is 2. The van der Waals surface area contributed by atoms with Crippen molar-refractivity contribution in [1.82, 2.24) is 9.13 Å². The Labute approximate surface area is 301 Å². The van der Waals surface area contributed by atoms with Gasteiger partial charge in [0.1, 0.15) is 0 Å². The monoisotopic (exact) mass is 661 g/mol. The Morgan fingerprint density at radius 2 is 0.750 bits per heavy atom. The van der Waals surface area contributed by atoms with E-state index in [0.29, 0.717) is 5.56 Å². The molecular formula is C49H31N3. The van der Waals surface area contributed by atoms with Crippen LogP contribution in [0.3, 0.4) is 0 Å². The molecule has 0 atom stereocenters. The fraction of sp³-hybridized carbons (Fsp3) is 0. The molecule has 2 aromatic heterocycles. The molecule has 0 spiro atoms. The molecule has 0 aliphatic carbocycles. The van der Waals surface area contributed by atoms with E-state index in [1.165, 1.54) is 65.9 Å². The molecule has 2 heterocycles.